The molecule has 1 aliphatic rings. The Labute approximate surface area is 68.2 Å². The maximum absolute atomic E-state index is 11.3. The zero-order valence-corrected chi connectivity index (χ0v) is 7.61. The Morgan fingerprint density at radius 2 is 1.91 bits per heavy atom. The molecule has 1 saturated carbocycles. The van der Waals surface area contributed by atoms with Gasteiger partial charge in [-0.3, -0.25) is 4.79 Å². The highest BCUT2D eigenvalue weighted by atomic mass is 16.1. The van der Waals surface area contributed by atoms with E-state index < -0.39 is 0 Å². The maximum Gasteiger partial charge on any atom is 0.138 e. The normalized spacial score (nSPS) is 37.3. The third-order valence-electron chi connectivity index (χ3n) is 2.52. The molecule has 0 aliphatic heterocycles. The SMILES string of the molecule is CC1(N)CCC(=O)C(C)(C)C1. The van der Waals surface area contributed by atoms with Crippen molar-refractivity contribution < 1.29 is 4.79 Å². The van der Waals surface area contributed by atoms with Crippen LogP contribution in [0.1, 0.15) is 40.0 Å². The molecule has 11 heavy (non-hydrogen) atoms. The maximum atomic E-state index is 11.3. The van der Waals surface area contributed by atoms with E-state index in [1.165, 1.54) is 0 Å². The molecule has 1 aliphatic carbocycles. The fourth-order valence-corrected chi connectivity index (χ4v) is 1.93. The summed E-state index contributed by atoms with van der Waals surface area (Å²) in [5.74, 6) is 0.362. The molecule has 0 saturated heterocycles. The number of hydrogen-bond donors (Lipinski definition) is 1. The predicted molar refractivity (Wildman–Crippen MR) is 45.2 cm³/mol. The van der Waals surface area contributed by atoms with Crippen LogP contribution in [0.2, 0.25) is 0 Å². The lowest BCUT2D eigenvalue weighted by molar-refractivity contribution is -0.131. The minimum absolute atomic E-state index is 0.128. The van der Waals surface area contributed by atoms with Crippen LogP contribution in [0.15, 0.2) is 0 Å². The Morgan fingerprint density at radius 3 is 2.27 bits per heavy atom. The van der Waals surface area contributed by atoms with Crippen LogP contribution >= 0.6 is 0 Å². The van der Waals surface area contributed by atoms with E-state index in [0.717, 1.165) is 12.8 Å². The molecule has 0 spiro atoms. The Balaban J connectivity index is 2.75. The summed E-state index contributed by atoms with van der Waals surface area (Å²) in [7, 11) is 0. The van der Waals surface area contributed by atoms with Gasteiger partial charge in [0.1, 0.15) is 5.78 Å². The molecule has 0 amide bonds. The lowest BCUT2D eigenvalue weighted by Crippen LogP contribution is -2.47. The van der Waals surface area contributed by atoms with E-state index in [4.69, 9.17) is 5.73 Å². The number of ketones is 1. The first-order chi connectivity index (χ1) is 4.83. The lowest BCUT2D eigenvalue weighted by Gasteiger charge is -2.38. The molecule has 1 rings (SSSR count). The van der Waals surface area contributed by atoms with Crippen LogP contribution in [0.4, 0.5) is 0 Å². The number of nitrogens with two attached hydrogens (primary N) is 1. The number of Topliss-reactive ketones (excluding diaryl/α,β-unsaturated/α-hetero) is 1. The van der Waals surface area contributed by atoms with Gasteiger partial charge < -0.3 is 5.73 Å². The number of hydrogen-bond acceptors (Lipinski definition) is 2. The molecular weight excluding hydrogens is 138 g/mol. The molecule has 0 heterocycles. The highest BCUT2D eigenvalue weighted by Crippen LogP contribution is 2.36. The fourth-order valence-electron chi connectivity index (χ4n) is 1.93. The standard InChI is InChI=1S/C9H17NO/c1-8(2)6-9(3,10)5-4-7(8)11/h4-6,10H2,1-3H3. The minimum Gasteiger partial charge on any atom is -0.325 e. The van der Waals surface area contributed by atoms with Gasteiger partial charge >= 0.3 is 0 Å². The summed E-state index contributed by atoms with van der Waals surface area (Å²) < 4.78 is 0. The molecule has 64 valence electrons. The molecule has 0 radical (unpaired) electrons. The van der Waals surface area contributed by atoms with Crippen LogP contribution in [-0.2, 0) is 4.79 Å². The molecule has 0 aromatic carbocycles. The van der Waals surface area contributed by atoms with Gasteiger partial charge in [0.25, 0.3) is 0 Å². The van der Waals surface area contributed by atoms with Crippen molar-refractivity contribution in [3.8, 4) is 0 Å². The second-order valence-corrected chi connectivity index (χ2v) is 4.64. The third-order valence-corrected chi connectivity index (χ3v) is 2.52. The number of rotatable bonds is 0. The van der Waals surface area contributed by atoms with Gasteiger partial charge in [0.05, 0.1) is 0 Å². The second-order valence-electron chi connectivity index (χ2n) is 4.64. The van der Waals surface area contributed by atoms with Crippen LogP contribution in [0, 0.1) is 5.41 Å². The number of carbonyl (C=O) groups excluding carboxylic acids is 1. The summed E-state index contributed by atoms with van der Waals surface area (Å²) in [6.45, 7) is 6.00. The van der Waals surface area contributed by atoms with E-state index in [-0.39, 0.29) is 11.0 Å². The van der Waals surface area contributed by atoms with Crippen molar-refractivity contribution in [3.63, 3.8) is 0 Å². The first kappa shape index (κ1) is 8.72. The van der Waals surface area contributed by atoms with Crippen molar-refractivity contribution in [2.45, 2.75) is 45.6 Å². The predicted octanol–water partition coefficient (Wildman–Crippen LogP) is 1.48. The molecule has 2 heteroatoms. The molecule has 0 bridgehead atoms. The number of carbonyl (C=O) groups is 1. The summed E-state index contributed by atoms with van der Waals surface area (Å²) in [5, 5.41) is 0. The van der Waals surface area contributed by atoms with E-state index in [9.17, 15) is 4.79 Å². The molecule has 0 aromatic heterocycles. The monoisotopic (exact) mass is 155 g/mol. The fraction of sp³-hybridized carbons (Fsp3) is 0.889. The Kier molecular flexibility index (Phi) is 1.83. The quantitative estimate of drug-likeness (QED) is 0.576. The van der Waals surface area contributed by atoms with E-state index in [0.29, 0.717) is 12.2 Å². The van der Waals surface area contributed by atoms with Crippen molar-refractivity contribution in [2.75, 3.05) is 0 Å². The van der Waals surface area contributed by atoms with Crippen LogP contribution in [0.25, 0.3) is 0 Å². The largest absolute Gasteiger partial charge is 0.325 e. The van der Waals surface area contributed by atoms with Gasteiger partial charge in [0, 0.05) is 17.4 Å². The topological polar surface area (TPSA) is 43.1 Å². The van der Waals surface area contributed by atoms with Crippen molar-refractivity contribution >= 4 is 5.78 Å². The van der Waals surface area contributed by atoms with E-state index >= 15 is 0 Å². The summed E-state index contributed by atoms with van der Waals surface area (Å²) in [5.41, 5.74) is 5.64. The van der Waals surface area contributed by atoms with Gasteiger partial charge in [0.2, 0.25) is 0 Å². The zero-order valence-electron chi connectivity index (χ0n) is 7.61. The second kappa shape index (κ2) is 2.31. The Hall–Kier alpha value is -0.370. The van der Waals surface area contributed by atoms with E-state index in [1.54, 1.807) is 0 Å². The van der Waals surface area contributed by atoms with Crippen LogP contribution in [0.3, 0.4) is 0 Å². The summed E-state index contributed by atoms with van der Waals surface area (Å²) in [6, 6.07) is 0. The highest BCUT2D eigenvalue weighted by molar-refractivity contribution is 5.85. The first-order valence-electron chi connectivity index (χ1n) is 4.16. The highest BCUT2D eigenvalue weighted by Gasteiger charge is 2.39. The third kappa shape index (κ3) is 1.80. The van der Waals surface area contributed by atoms with Gasteiger partial charge in [-0.05, 0) is 19.8 Å². The summed E-state index contributed by atoms with van der Waals surface area (Å²) >= 11 is 0. The van der Waals surface area contributed by atoms with Crippen molar-refractivity contribution in [3.05, 3.63) is 0 Å². The van der Waals surface area contributed by atoms with Crippen LogP contribution < -0.4 is 5.73 Å². The summed E-state index contributed by atoms with van der Waals surface area (Å²) in [4.78, 5) is 11.3. The molecular formula is C9H17NO. The molecule has 0 aromatic rings. The lowest BCUT2D eigenvalue weighted by atomic mass is 9.68. The molecule has 1 fully saturated rings. The average molecular weight is 155 g/mol. The summed E-state index contributed by atoms with van der Waals surface area (Å²) in [6.07, 6.45) is 2.31. The van der Waals surface area contributed by atoms with Gasteiger partial charge in [-0.1, -0.05) is 13.8 Å². The molecule has 1 atom stereocenters. The van der Waals surface area contributed by atoms with Gasteiger partial charge in [0.15, 0.2) is 0 Å². The molecule has 2 N–H and O–H groups in total. The molecule has 2 nitrogen and oxygen atoms in total. The average Bonchev–Trinajstić information content (AvgIpc) is 1.77. The van der Waals surface area contributed by atoms with E-state index in [2.05, 4.69) is 0 Å². The smallest absolute Gasteiger partial charge is 0.138 e. The Morgan fingerprint density at radius 1 is 1.36 bits per heavy atom. The van der Waals surface area contributed by atoms with E-state index in [1.807, 2.05) is 20.8 Å². The van der Waals surface area contributed by atoms with Crippen LogP contribution in [-0.4, -0.2) is 11.3 Å². The van der Waals surface area contributed by atoms with Crippen molar-refractivity contribution in [1.29, 1.82) is 0 Å². The van der Waals surface area contributed by atoms with Gasteiger partial charge in [-0.15, -0.1) is 0 Å². The first-order valence-corrected chi connectivity index (χ1v) is 4.16. The van der Waals surface area contributed by atoms with Gasteiger partial charge in [-0.2, -0.15) is 0 Å². The molecule has 1 unspecified atom stereocenters. The van der Waals surface area contributed by atoms with Crippen LogP contribution in [0.5, 0.6) is 0 Å². The zero-order chi connectivity index (χ0) is 8.70. The Bertz CT molecular complexity index is 182. The van der Waals surface area contributed by atoms with Crippen molar-refractivity contribution in [2.24, 2.45) is 11.1 Å². The van der Waals surface area contributed by atoms with Crippen molar-refractivity contribution in [1.82, 2.24) is 0 Å². The van der Waals surface area contributed by atoms with Gasteiger partial charge in [-0.25, -0.2) is 0 Å². The minimum atomic E-state index is -0.193.